The molecule has 0 saturated heterocycles. The average Bonchev–Trinajstić information content (AvgIpc) is 2.31. The molecule has 2 heterocycles. The number of anilines is 1. The van der Waals surface area contributed by atoms with Gasteiger partial charge in [-0.1, -0.05) is 0 Å². The molecular weight excluding hydrogens is 130 g/mol. The van der Waals surface area contributed by atoms with Crippen LogP contribution in [-0.4, -0.2) is 20.2 Å². The van der Waals surface area contributed by atoms with E-state index < -0.39 is 0 Å². The summed E-state index contributed by atoms with van der Waals surface area (Å²) in [6.45, 7) is 0. The standard InChI is InChI=1S/C5H5N5/c6-4-3-1-9-10-5(3)8-2-7-4/h1-2H,(H3,6,7,8,9,10)/i1D,2D. The predicted octanol–water partition coefficient (Wildman–Crippen LogP) is -0.0649. The molecule has 0 amide bonds. The molecule has 0 aromatic carbocycles. The predicted molar refractivity (Wildman–Crippen MR) is 36.1 cm³/mol. The highest BCUT2D eigenvalue weighted by Crippen LogP contribution is 2.11. The fourth-order valence-electron chi connectivity index (χ4n) is 0.690. The van der Waals surface area contributed by atoms with Gasteiger partial charge in [0, 0.05) is 0 Å². The van der Waals surface area contributed by atoms with E-state index in [0.29, 0.717) is 11.0 Å². The van der Waals surface area contributed by atoms with Crippen molar-refractivity contribution in [3.63, 3.8) is 0 Å². The summed E-state index contributed by atoms with van der Waals surface area (Å²) in [7, 11) is 0. The molecule has 5 nitrogen and oxygen atoms in total. The van der Waals surface area contributed by atoms with Gasteiger partial charge in [0.25, 0.3) is 0 Å². The Morgan fingerprint density at radius 3 is 3.40 bits per heavy atom. The second kappa shape index (κ2) is 1.66. The number of H-pyrrole nitrogens is 1. The summed E-state index contributed by atoms with van der Waals surface area (Å²) in [6, 6.07) is 0. The number of nitrogens with zero attached hydrogens (tertiary/aromatic N) is 3. The molecule has 50 valence electrons. The second-order valence-electron chi connectivity index (χ2n) is 1.77. The first-order valence-electron chi connectivity index (χ1n) is 3.63. The van der Waals surface area contributed by atoms with E-state index in [2.05, 4.69) is 20.2 Å². The zero-order valence-corrected chi connectivity index (χ0v) is 4.92. The van der Waals surface area contributed by atoms with E-state index in [1.807, 2.05) is 0 Å². The molecule has 5 heteroatoms. The monoisotopic (exact) mass is 137 g/mol. The molecule has 0 bridgehead atoms. The minimum absolute atomic E-state index is 0.00231. The third-order valence-corrected chi connectivity index (χ3v) is 1.15. The van der Waals surface area contributed by atoms with E-state index in [1.54, 1.807) is 0 Å². The third kappa shape index (κ3) is 0.540. The van der Waals surface area contributed by atoms with Crippen molar-refractivity contribution < 1.29 is 2.74 Å². The molecule has 2 aromatic heterocycles. The van der Waals surface area contributed by atoms with Crippen LogP contribution in [0.1, 0.15) is 2.74 Å². The average molecular weight is 137 g/mol. The minimum atomic E-state index is -0.177. The Balaban J connectivity index is 2.93. The molecule has 0 aliphatic rings. The summed E-state index contributed by atoms with van der Waals surface area (Å²) < 4.78 is 14.4. The van der Waals surface area contributed by atoms with Crippen molar-refractivity contribution in [2.24, 2.45) is 0 Å². The number of aromatic nitrogens is 4. The van der Waals surface area contributed by atoms with Gasteiger partial charge in [0.15, 0.2) is 5.65 Å². The van der Waals surface area contributed by atoms with Crippen LogP contribution < -0.4 is 5.73 Å². The second-order valence-corrected chi connectivity index (χ2v) is 1.77. The van der Waals surface area contributed by atoms with Crippen LogP contribution in [0.2, 0.25) is 0 Å². The Hall–Kier alpha value is -1.65. The molecule has 0 saturated carbocycles. The molecule has 0 unspecified atom stereocenters. The van der Waals surface area contributed by atoms with E-state index in [-0.39, 0.29) is 18.3 Å². The first kappa shape index (κ1) is 3.50. The fourth-order valence-corrected chi connectivity index (χ4v) is 0.690. The van der Waals surface area contributed by atoms with E-state index in [4.69, 9.17) is 8.48 Å². The Labute approximate surface area is 59.1 Å². The van der Waals surface area contributed by atoms with Crippen molar-refractivity contribution >= 4 is 16.9 Å². The third-order valence-electron chi connectivity index (χ3n) is 1.15. The summed E-state index contributed by atoms with van der Waals surface area (Å²) in [5.74, 6) is 0.115. The number of hydrogen-bond donors (Lipinski definition) is 2. The number of fused-ring (bicyclic) bond motifs is 1. The largest absolute Gasteiger partial charge is 0.383 e. The summed E-state index contributed by atoms with van der Waals surface area (Å²) in [5, 5.41) is 6.42. The van der Waals surface area contributed by atoms with Crippen molar-refractivity contribution in [2.45, 2.75) is 0 Å². The molecule has 10 heavy (non-hydrogen) atoms. The quantitative estimate of drug-likeness (QED) is 0.532. The summed E-state index contributed by atoms with van der Waals surface area (Å²) in [4.78, 5) is 7.28. The van der Waals surface area contributed by atoms with Gasteiger partial charge in [-0.3, -0.25) is 5.10 Å². The van der Waals surface area contributed by atoms with Crippen LogP contribution in [0.5, 0.6) is 0 Å². The SMILES string of the molecule is [2H]c1nc(N)c2c([2H])n[nH]c2n1. The van der Waals surface area contributed by atoms with Gasteiger partial charge in [-0.15, -0.1) is 0 Å². The van der Waals surface area contributed by atoms with E-state index >= 15 is 0 Å². The van der Waals surface area contributed by atoms with Crippen molar-refractivity contribution in [3.05, 3.63) is 12.5 Å². The maximum absolute atomic E-state index is 7.29. The van der Waals surface area contributed by atoms with E-state index in [0.717, 1.165) is 0 Å². The van der Waals surface area contributed by atoms with Gasteiger partial charge in [0.05, 0.1) is 12.9 Å². The summed E-state index contributed by atoms with van der Waals surface area (Å²) in [6.07, 6.45) is -0.175. The van der Waals surface area contributed by atoms with Gasteiger partial charge in [-0.05, 0) is 0 Å². The lowest BCUT2D eigenvalue weighted by Crippen LogP contribution is -1.90. The molecule has 0 atom stereocenters. The molecule has 0 spiro atoms. The first-order valence-corrected chi connectivity index (χ1v) is 2.63. The molecule has 3 N–H and O–H groups in total. The number of nitrogens with one attached hydrogen (secondary N) is 1. The first-order chi connectivity index (χ1) is 5.68. The lowest BCUT2D eigenvalue weighted by atomic mass is 10.4. The van der Waals surface area contributed by atoms with Crippen LogP contribution in [-0.2, 0) is 0 Å². The zero-order valence-electron chi connectivity index (χ0n) is 6.92. The van der Waals surface area contributed by atoms with Crippen LogP contribution in [0.25, 0.3) is 11.0 Å². The highest BCUT2D eigenvalue weighted by molar-refractivity contribution is 5.83. The minimum Gasteiger partial charge on any atom is -0.383 e. The van der Waals surface area contributed by atoms with Gasteiger partial charge >= 0.3 is 0 Å². The number of aromatic amines is 1. The van der Waals surface area contributed by atoms with Crippen LogP contribution >= 0.6 is 0 Å². The van der Waals surface area contributed by atoms with Gasteiger partial charge in [0.1, 0.15) is 13.5 Å². The Morgan fingerprint density at radius 1 is 1.60 bits per heavy atom. The molecule has 2 aromatic rings. The van der Waals surface area contributed by atoms with Gasteiger partial charge < -0.3 is 5.73 Å². The number of rotatable bonds is 0. The highest BCUT2D eigenvalue weighted by Gasteiger charge is 1.98. The van der Waals surface area contributed by atoms with Crippen molar-refractivity contribution in [2.75, 3.05) is 5.73 Å². The highest BCUT2D eigenvalue weighted by atomic mass is 15.1. The van der Waals surface area contributed by atoms with Crippen molar-refractivity contribution in [3.8, 4) is 0 Å². The molecule has 0 aliphatic heterocycles. The smallest absolute Gasteiger partial charge is 0.160 e. The molecule has 0 radical (unpaired) electrons. The van der Waals surface area contributed by atoms with Crippen LogP contribution in [0.15, 0.2) is 12.5 Å². The van der Waals surface area contributed by atoms with E-state index in [9.17, 15) is 0 Å². The Kier molecular flexibility index (Phi) is 0.582. The molecule has 0 fully saturated rings. The van der Waals surface area contributed by atoms with Crippen LogP contribution in [0.3, 0.4) is 0 Å². The molecule has 2 rings (SSSR count). The van der Waals surface area contributed by atoms with Gasteiger partial charge in [-0.2, -0.15) is 5.10 Å². The number of nitrogens with two attached hydrogens (primary N) is 1. The fraction of sp³-hybridized carbons (Fsp3) is 0. The number of nitrogen functional groups attached to an aromatic ring is 1. The van der Waals surface area contributed by atoms with Gasteiger partial charge in [-0.25, -0.2) is 9.97 Å². The molecular formula is C5H5N5. The number of hydrogen-bond acceptors (Lipinski definition) is 4. The van der Waals surface area contributed by atoms with Crippen molar-refractivity contribution in [1.82, 2.24) is 20.2 Å². The Morgan fingerprint density at radius 2 is 2.50 bits per heavy atom. The van der Waals surface area contributed by atoms with Crippen LogP contribution in [0.4, 0.5) is 5.82 Å². The molecule has 0 aliphatic carbocycles. The summed E-state index contributed by atoms with van der Waals surface area (Å²) in [5.41, 5.74) is 5.78. The lowest BCUT2D eigenvalue weighted by Gasteiger charge is -1.89. The maximum Gasteiger partial charge on any atom is 0.160 e. The normalized spacial score (nSPS) is 13.2. The lowest BCUT2D eigenvalue weighted by molar-refractivity contribution is 1.09. The van der Waals surface area contributed by atoms with Crippen molar-refractivity contribution in [1.29, 1.82) is 0 Å². The summed E-state index contributed by atoms with van der Waals surface area (Å²) >= 11 is 0. The Bertz CT molecular complexity index is 437. The van der Waals surface area contributed by atoms with Crippen LogP contribution in [0, 0.1) is 0 Å². The van der Waals surface area contributed by atoms with Gasteiger partial charge in [0.2, 0.25) is 0 Å². The topological polar surface area (TPSA) is 80.5 Å². The van der Waals surface area contributed by atoms with E-state index in [1.165, 1.54) is 0 Å². The zero-order chi connectivity index (χ0) is 8.72. The maximum atomic E-state index is 7.29.